The Hall–Kier alpha value is -1.84. The second-order valence-electron chi connectivity index (χ2n) is 3.23. The molecule has 0 radical (unpaired) electrons. The van der Waals surface area contributed by atoms with Crippen LogP contribution in [0.5, 0.6) is 0 Å². The van der Waals surface area contributed by atoms with Gasteiger partial charge in [-0.2, -0.15) is 0 Å². The van der Waals surface area contributed by atoms with E-state index in [0.29, 0.717) is 18.5 Å². The molecule has 1 aliphatic carbocycles. The smallest absolute Gasteiger partial charge is 0.409 e. The molecular formula is C10H9NO3. The molecule has 0 saturated heterocycles. The molecule has 14 heavy (non-hydrogen) atoms. The van der Waals surface area contributed by atoms with Gasteiger partial charge in [-0.25, -0.2) is 4.79 Å². The van der Waals surface area contributed by atoms with Gasteiger partial charge in [0.1, 0.15) is 0 Å². The highest BCUT2D eigenvalue weighted by molar-refractivity contribution is 6.01. The van der Waals surface area contributed by atoms with Crippen molar-refractivity contribution in [3.8, 4) is 0 Å². The molecule has 1 aromatic rings. The Kier molecular flexibility index (Phi) is 1.96. The predicted octanol–water partition coefficient (Wildman–Crippen LogP) is 1.91. The van der Waals surface area contributed by atoms with Gasteiger partial charge in [-0.05, 0) is 30.2 Å². The van der Waals surface area contributed by atoms with Crippen molar-refractivity contribution in [2.75, 3.05) is 5.32 Å². The van der Waals surface area contributed by atoms with Gasteiger partial charge in [0.2, 0.25) is 0 Å². The fourth-order valence-corrected chi connectivity index (χ4v) is 1.66. The number of rotatable bonds is 1. The Morgan fingerprint density at radius 1 is 1.36 bits per heavy atom. The molecule has 0 atom stereocenters. The number of carbonyl (C=O) groups excluding carboxylic acids is 1. The molecule has 0 aromatic heterocycles. The summed E-state index contributed by atoms with van der Waals surface area (Å²) in [5.41, 5.74) is 2.17. The average molecular weight is 191 g/mol. The first-order valence-corrected chi connectivity index (χ1v) is 4.33. The molecule has 72 valence electrons. The van der Waals surface area contributed by atoms with Crippen molar-refractivity contribution in [1.82, 2.24) is 0 Å². The molecule has 0 unspecified atom stereocenters. The van der Waals surface area contributed by atoms with Crippen LogP contribution >= 0.6 is 0 Å². The number of benzene rings is 1. The van der Waals surface area contributed by atoms with Crippen molar-refractivity contribution in [3.63, 3.8) is 0 Å². The Morgan fingerprint density at radius 3 is 2.86 bits per heavy atom. The van der Waals surface area contributed by atoms with Gasteiger partial charge in [0.05, 0.1) is 0 Å². The monoisotopic (exact) mass is 191 g/mol. The van der Waals surface area contributed by atoms with Crippen LogP contribution in [-0.2, 0) is 6.42 Å². The lowest BCUT2D eigenvalue weighted by molar-refractivity contribution is 0.0994. The number of ketones is 1. The van der Waals surface area contributed by atoms with Gasteiger partial charge in [0.15, 0.2) is 5.78 Å². The standard InChI is InChI=1S/C10H9NO3/c12-9-4-1-6-5-7(11-10(13)14)2-3-8(6)9/h2-3,5,11H,1,4H2,(H,13,14). The molecule has 1 aliphatic rings. The topological polar surface area (TPSA) is 66.4 Å². The van der Waals surface area contributed by atoms with E-state index in [1.165, 1.54) is 0 Å². The SMILES string of the molecule is O=C(O)Nc1ccc2c(c1)CCC2=O. The molecule has 0 aliphatic heterocycles. The molecule has 1 amide bonds. The summed E-state index contributed by atoms with van der Waals surface area (Å²) in [7, 11) is 0. The van der Waals surface area contributed by atoms with Gasteiger partial charge in [0, 0.05) is 17.7 Å². The van der Waals surface area contributed by atoms with Gasteiger partial charge in [0.25, 0.3) is 0 Å². The van der Waals surface area contributed by atoms with Crippen LogP contribution in [0.3, 0.4) is 0 Å². The second kappa shape index (κ2) is 3.14. The molecule has 1 aromatic carbocycles. The largest absolute Gasteiger partial charge is 0.465 e. The van der Waals surface area contributed by atoms with E-state index in [0.717, 1.165) is 11.1 Å². The zero-order valence-electron chi connectivity index (χ0n) is 7.41. The molecule has 4 heteroatoms. The van der Waals surface area contributed by atoms with Gasteiger partial charge in [-0.15, -0.1) is 0 Å². The third-order valence-electron chi connectivity index (χ3n) is 2.28. The molecule has 0 heterocycles. The maximum atomic E-state index is 11.3. The van der Waals surface area contributed by atoms with E-state index in [-0.39, 0.29) is 5.78 Å². The van der Waals surface area contributed by atoms with Crippen molar-refractivity contribution in [2.45, 2.75) is 12.8 Å². The van der Waals surface area contributed by atoms with Crippen LogP contribution in [0.15, 0.2) is 18.2 Å². The van der Waals surface area contributed by atoms with Crippen molar-refractivity contribution in [2.24, 2.45) is 0 Å². The minimum absolute atomic E-state index is 0.141. The zero-order valence-corrected chi connectivity index (χ0v) is 7.41. The fourth-order valence-electron chi connectivity index (χ4n) is 1.66. The van der Waals surface area contributed by atoms with E-state index in [1.54, 1.807) is 18.2 Å². The summed E-state index contributed by atoms with van der Waals surface area (Å²) in [5, 5.41) is 10.7. The quantitative estimate of drug-likeness (QED) is 0.712. The summed E-state index contributed by atoms with van der Waals surface area (Å²) >= 11 is 0. The Balaban J connectivity index is 2.32. The van der Waals surface area contributed by atoms with Crippen LogP contribution in [0.2, 0.25) is 0 Å². The van der Waals surface area contributed by atoms with E-state index in [9.17, 15) is 9.59 Å². The third-order valence-corrected chi connectivity index (χ3v) is 2.28. The maximum absolute atomic E-state index is 11.3. The first-order valence-electron chi connectivity index (χ1n) is 4.33. The van der Waals surface area contributed by atoms with Crippen molar-refractivity contribution in [1.29, 1.82) is 0 Å². The van der Waals surface area contributed by atoms with Crippen molar-refractivity contribution in [3.05, 3.63) is 29.3 Å². The minimum Gasteiger partial charge on any atom is -0.465 e. The van der Waals surface area contributed by atoms with Gasteiger partial charge in [-0.3, -0.25) is 10.1 Å². The van der Waals surface area contributed by atoms with E-state index < -0.39 is 6.09 Å². The molecule has 0 fully saturated rings. The highest BCUT2D eigenvalue weighted by Gasteiger charge is 2.19. The Morgan fingerprint density at radius 2 is 2.14 bits per heavy atom. The van der Waals surface area contributed by atoms with Crippen molar-refractivity contribution >= 4 is 17.6 Å². The average Bonchev–Trinajstić information content (AvgIpc) is 2.46. The minimum atomic E-state index is -1.09. The number of amides is 1. The first-order chi connectivity index (χ1) is 6.66. The lowest BCUT2D eigenvalue weighted by atomic mass is 10.1. The van der Waals surface area contributed by atoms with E-state index in [2.05, 4.69) is 5.32 Å². The number of nitrogens with one attached hydrogen (secondary N) is 1. The highest BCUT2D eigenvalue weighted by atomic mass is 16.4. The van der Waals surface area contributed by atoms with Crippen LogP contribution in [0.4, 0.5) is 10.5 Å². The lowest BCUT2D eigenvalue weighted by Crippen LogP contribution is -2.07. The first kappa shape index (κ1) is 8.74. The number of hydrogen-bond donors (Lipinski definition) is 2. The second-order valence-corrected chi connectivity index (χ2v) is 3.23. The number of fused-ring (bicyclic) bond motifs is 1. The third kappa shape index (κ3) is 1.46. The molecular weight excluding hydrogens is 182 g/mol. The van der Waals surface area contributed by atoms with Crippen LogP contribution in [-0.4, -0.2) is 17.0 Å². The van der Waals surface area contributed by atoms with Crippen LogP contribution in [0.1, 0.15) is 22.3 Å². The van der Waals surface area contributed by atoms with Gasteiger partial charge >= 0.3 is 6.09 Å². The number of carboxylic acid groups (broad SMARTS) is 1. The zero-order chi connectivity index (χ0) is 10.1. The van der Waals surface area contributed by atoms with E-state index >= 15 is 0 Å². The van der Waals surface area contributed by atoms with Crippen LogP contribution in [0, 0.1) is 0 Å². The number of anilines is 1. The summed E-state index contributed by atoms with van der Waals surface area (Å²) in [6.45, 7) is 0. The number of carbonyl (C=O) groups is 2. The fraction of sp³-hybridized carbons (Fsp3) is 0.200. The lowest BCUT2D eigenvalue weighted by Gasteiger charge is -2.02. The Bertz CT molecular complexity index is 412. The van der Waals surface area contributed by atoms with Gasteiger partial charge in [-0.1, -0.05) is 0 Å². The number of Topliss-reactive ketones (excluding diaryl/α,β-unsaturated/α-hetero) is 1. The summed E-state index contributed by atoms with van der Waals surface area (Å²) in [6, 6.07) is 5.00. The summed E-state index contributed by atoms with van der Waals surface area (Å²) < 4.78 is 0. The molecule has 0 spiro atoms. The summed E-state index contributed by atoms with van der Waals surface area (Å²) in [4.78, 5) is 21.6. The molecule has 2 N–H and O–H groups in total. The molecule has 2 rings (SSSR count). The summed E-state index contributed by atoms with van der Waals surface area (Å²) in [6.07, 6.45) is 0.157. The molecule has 0 bridgehead atoms. The Labute approximate surface area is 80.6 Å². The summed E-state index contributed by atoms with van der Waals surface area (Å²) in [5.74, 6) is 0.141. The predicted molar refractivity (Wildman–Crippen MR) is 50.7 cm³/mol. The maximum Gasteiger partial charge on any atom is 0.409 e. The highest BCUT2D eigenvalue weighted by Crippen LogP contribution is 2.24. The molecule has 4 nitrogen and oxygen atoms in total. The van der Waals surface area contributed by atoms with Gasteiger partial charge < -0.3 is 5.11 Å². The van der Waals surface area contributed by atoms with Crippen LogP contribution in [0.25, 0.3) is 0 Å². The van der Waals surface area contributed by atoms with Crippen molar-refractivity contribution < 1.29 is 14.7 Å². The van der Waals surface area contributed by atoms with E-state index in [4.69, 9.17) is 5.11 Å². The number of hydrogen-bond acceptors (Lipinski definition) is 2. The van der Waals surface area contributed by atoms with Crippen LogP contribution < -0.4 is 5.32 Å². The molecule has 0 saturated carbocycles. The van der Waals surface area contributed by atoms with E-state index in [1.807, 2.05) is 0 Å². The number of aryl methyl sites for hydroxylation is 1. The normalized spacial score (nSPS) is 13.9.